The van der Waals surface area contributed by atoms with Crippen LogP contribution in [0.3, 0.4) is 0 Å². The quantitative estimate of drug-likeness (QED) is 0.0379. The van der Waals surface area contributed by atoms with Crippen molar-refractivity contribution in [2.24, 2.45) is 0 Å². The van der Waals surface area contributed by atoms with E-state index in [9.17, 15) is 19.2 Å². The first kappa shape index (κ1) is 38.6. The molecule has 9 heteroatoms. The smallest absolute Gasteiger partial charge is 0.347 e. The van der Waals surface area contributed by atoms with Crippen molar-refractivity contribution in [1.29, 1.82) is 0 Å². The van der Waals surface area contributed by atoms with Crippen LogP contribution in [0.25, 0.3) is 0 Å². The Kier molecular flexibility index (Phi) is 18.1. The number of nitrogens with zero attached hydrogens (tertiary/aromatic N) is 1. The minimum Gasteiger partial charge on any atom is -0.428 e. The largest absolute Gasteiger partial charge is 0.428 e. The number of rotatable bonds is 20. The molecule has 3 aromatic rings. The van der Waals surface area contributed by atoms with Gasteiger partial charge in [0.1, 0.15) is 22.6 Å². The van der Waals surface area contributed by atoms with Crippen LogP contribution in [0.15, 0.2) is 134 Å². The normalized spacial score (nSPS) is 11.5. The van der Waals surface area contributed by atoms with Gasteiger partial charge in [0.25, 0.3) is 0 Å². The lowest BCUT2D eigenvalue weighted by Gasteiger charge is -2.12. The van der Waals surface area contributed by atoms with Gasteiger partial charge in [-0.25, -0.2) is 14.4 Å². The third-order valence-electron chi connectivity index (χ3n) is 6.84. The number of pyridine rings is 1. The summed E-state index contributed by atoms with van der Waals surface area (Å²) in [5.41, 5.74) is 0.112. The zero-order chi connectivity index (χ0) is 35.7. The lowest BCUT2D eigenvalue weighted by Crippen LogP contribution is -2.17. The van der Waals surface area contributed by atoms with Crippen LogP contribution in [0.2, 0.25) is 0 Å². The average Bonchev–Trinajstić information content (AvgIpc) is 3.13. The Labute approximate surface area is 293 Å². The lowest BCUT2D eigenvalue weighted by molar-refractivity contribution is -0.152. The highest BCUT2D eigenvalue weighted by molar-refractivity contribution is 5.99. The number of esters is 4. The summed E-state index contributed by atoms with van der Waals surface area (Å²) in [6, 6.07) is 15.1. The van der Waals surface area contributed by atoms with Crippen molar-refractivity contribution in [3.8, 4) is 11.5 Å². The Morgan fingerprint density at radius 3 is 1.72 bits per heavy atom. The van der Waals surface area contributed by atoms with Gasteiger partial charge in [-0.15, -0.1) is 0 Å². The van der Waals surface area contributed by atoms with E-state index in [-0.39, 0.29) is 34.6 Å². The standard InChI is InChI=1S/C41H43NO8/c1-2-3-4-5-6-7-8-9-10-11-12-13-14-15-16-17-18-29-38(43)47-32-48-40(45)34-25-19-21-27-36(34)50-41(46)35-26-20-22-28-37(35)49-39(44)33-24-23-30-42-31-33/h3-4,6-7,9-10,12-13,15-16,19-28,30-31H,2,5,8,11,14,17-18,29,32H2,1H3/b4-3-,7-6-,10-9-,13-12-,16-15-. The van der Waals surface area contributed by atoms with Crippen molar-refractivity contribution in [3.63, 3.8) is 0 Å². The highest BCUT2D eigenvalue weighted by Gasteiger charge is 2.21. The molecule has 0 atom stereocenters. The number of carbonyl (C=O) groups excluding carboxylic acids is 4. The topological polar surface area (TPSA) is 118 Å². The fraction of sp³-hybridized carbons (Fsp3) is 0.244. The molecule has 0 aliphatic carbocycles. The molecule has 2 aromatic carbocycles. The van der Waals surface area contributed by atoms with E-state index in [0.717, 1.165) is 32.1 Å². The third kappa shape index (κ3) is 14.9. The third-order valence-corrected chi connectivity index (χ3v) is 6.84. The molecule has 1 aromatic heterocycles. The SMILES string of the molecule is CC/C=C\C/C=C\C/C=C\C/C=C\C/C=C\CCCC(=O)OCOC(=O)c1ccccc1OC(=O)c1ccccc1OC(=O)c1cccnc1. The van der Waals surface area contributed by atoms with Gasteiger partial charge in [0, 0.05) is 18.8 Å². The summed E-state index contributed by atoms with van der Waals surface area (Å²) in [4.78, 5) is 54.3. The Balaban J connectivity index is 1.35. The Morgan fingerprint density at radius 2 is 1.14 bits per heavy atom. The first-order valence-corrected chi connectivity index (χ1v) is 16.6. The highest BCUT2D eigenvalue weighted by atomic mass is 16.7. The molecule has 1 heterocycles. The van der Waals surface area contributed by atoms with Crippen LogP contribution in [0, 0.1) is 0 Å². The van der Waals surface area contributed by atoms with E-state index in [1.165, 1.54) is 42.7 Å². The summed E-state index contributed by atoms with van der Waals surface area (Å²) in [5.74, 6) is -3.03. The van der Waals surface area contributed by atoms with Crippen molar-refractivity contribution in [3.05, 3.63) is 151 Å². The molecule has 0 fully saturated rings. The van der Waals surface area contributed by atoms with E-state index in [0.29, 0.717) is 12.8 Å². The lowest BCUT2D eigenvalue weighted by atomic mass is 10.2. The second-order valence-electron chi connectivity index (χ2n) is 10.7. The second-order valence-corrected chi connectivity index (χ2v) is 10.7. The van der Waals surface area contributed by atoms with Gasteiger partial charge in [-0.05, 0) is 81.3 Å². The minimum atomic E-state index is -0.862. The van der Waals surface area contributed by atoms with E-state index >= 15 is 0 Å². The predicted molar refractivity (Wildman–Crippen MR) is 192 cm³/mol. The summed E-state index contributed by atoms with van der Waals surface area (Å²) >= 11 is 0. The van der Waals surface area contributed by atoms with Crippen molar-refractivity contribution >= 4 is 23.9 Å². The molecular formula is C41H43NO8. The van der Waals surface area contributed by atoms with Crippen LogP contribution in [0.5, 0.6) is 11.5 Å². The van der Waals surface area contributed by atoms with Gasteiger partial charge in [-0.3, -0.25) is 9.78 Å². The van der Waals surface area contributed by atoms with Gasteiger partial charge in [0.15, 0.2) is 0 Å². The molecule has 0 amide bonds. The molecule has 50 heavy (non-hydrogen) atoms. The van der Waals surface area contributed by atoms with Gasteiger partial charge >= 0.3 is 23.9 Å². The minimum absolute atomic E-state index is 0.0281. The maximum Gasteiger partial charge on any atom is 0.347 e. The first-order chi connectivity index (χ1) is 24.5. The maximum atomic E-state index is 13.1. The molecule has 0 N–H and O–H groups in total. The molecule has 0 bridgehead atoms. The van der Waals surface area contributed by atoms with Gasteiger partial charge in [0.05, 0.1) is 5.56 Å². The summed E-state index contributed by atoms with van der Waals surface area (Å²) in [5, 5.41) is 0. The van der Waals surface area contributed by atoms with Gasteiger partial charge < -0.3 is 18.9 Å². The summed E-state index contributed by atoms with van der Waals surface area (Å²) < 4.78 is 21.0. The number of allylic oxidation sites excluding steroid dienone is 10. The first-order valence-electron chi connectivity index (χ1n) is 16.6. The van der Waals surface area contributed by atoms with Crippen LogP contribution in [0.4, 0.5) is 0 Å². The maximum absolute atomic E-state index is 13.1. The van der Waals surface area contributed by atoms with Crippen molar-refractivity contribution in [2.45, 2.75) is 58.3 Å². The molecule has 3 rings (SSSR count). The Morgan fingerprint density at radius 1 is 0.600 bits per heavy atom. The molecule has 0 saturated carbocycles. The van der Waals surface area contributed by atoms with Crippen molar-refractivity contribution in [2.75, 3.05) is 6.79 Å². The predicted octanol–water partition coefficient (Wildman–Crippen LogP) is 9.10. The fourth-order valence-electron chi connectivity index (χ4n) is 4.28. The van der Waals surface area contributed by atoms with E-state index in [1.54, 1.807) is 30.3 Å². The molecule has 0 radical (unpaired) electrons. The fourth-order valence-corrected chi connectivity index (χ4v) is 4.28. The van der Waals surface area contributed by atoms with E-state index in [2.05, 4.69) is 66.6 Å². The molecule has 260 valence electrons. The molecule has 0 aliphatic rings. The van der Waals surface area contributed by atoms with E-state index in [1.807, 2.05) is 6.08 Å². The van der Waals surface area contributed by atoms with E-state index in [4.69, 9.17) is 18.9 Å². The zero-order valence-electron chi connectivity index (χ0n) is 28.3. The van der Waals surface area contributed by atoms with Crippen LogP contribution >= 0.6 is 0 Å². The molecule has 9 nitrogen and oxygen atoms in total. The summed E-state index contributed by atoms with van der Waals surface area (Å²) in [6.07, 6.45) is 30.4. The monoisotopic (exact) mass is 677 g/mol. The van der Waals surface area contributed by atoms with E-state index < -0.39 is 30.7 Å². The van der Waals surface area contributed by atoms with Gasteiger partial charge in [-0.1, -0.05) is 91.9 Å². The second kappa shape index (κ2) is 23.5. The summed E-state index contributed by atoms with van der Waals surface area (Å²) in [6.45, 7) is 1.54. The van der Waals surface area contributed by atoms with Gasteiger partial charge in [0.2, 0.25) is 6.79 Å². The Hall–Kier alpha value is -5.83. The highest BCUT2D eigenvalue weighted by Crippen LogP contribution is 2.25. The average molecular weight is 678 g/mol. The Bertz CT molecular complexity index is 1670. The zero-order valence-corrected chi connectivity index (χ0v) is 28.3. The molecule has 0 unspecified atom stereocenters. The molecule has 0 spiro atoms. The number of ether oxygens (including phenoxy) is 4. The number of aromatic nitrogens is 1. The number of unbranched alkanes of at least 4 members (excludes halogenated alkanes) is 1. The van der Waals surface area contributed by atoms with Crippen LogP contribution in [-0.4, -0.2) is 35.7 Å². The molecular weight excluding hydrogens is 634 g/mol. The number of hydrogen-bond acceptors (Lipinski definition) is 9. The molecule has 0 aliphatic heterocycles. The number of carbonyl (C=O) groups is 4. The van der Waals surface area contributed by atoms with Crippen LogP contribution < -0.4 is 9.47 Å². The van der Waals surface area contributed by atoms with Crippen LogP contribution in [-0.2, 0) is 14.3 Å². The summed E-state index contributed by atoms with van der Waals surface area (Å²) in [7, 11) is 0. The van der Waals surface area contributed by atoms with Gasteiger partial charge in [-0.2, -0.15) is 0 Å². The van der Waals surface area contributed by atoms with Crippen molar-refractivity contribution < 1.29 is 38.1 Å². The van der Waals surface area contributed by atoms with Crippen molar-refractivity contribution in [1.82, 2.24) is 4.98 Å². The number of benzene rings is 2. The van der Waals surface area contributed by atoms with Crippen LogP contribution in [0.1, 0.15) is 89.4 Å². The molecule has 0 saturated heterocycles. The number of para-hydroxylation sites is 2. The number of hydrogen-bond donors (Lipinski definition) is 0.